The van der Waals surface area contributed by atoms with Crippen LogP contribution in [0, 0.1) is 0 Å². The summed E-state index contributed by atoms with van der Waals surface area (Å²) in [7, 11) is 0. The van der Waals surface area contributed by atoms with E-state index in [1.165, 1.54) is 24.4 Å². The number of nitrogens with two attached hydrogens (primary N) is 1. The van der Waals surface area contributed by atoms with E-state index in [1.807, 2.05) is 0 Å². The lowest BCUT2D eigenvalue weighted by molar-refractivity contribution is -0.115. The molecule has 0 aliphatic rings. The lowest BCUT2D eigenvalue weighted by Gasteiger charge is -2.08. The van der Waals surface area contributed by atoms with Gasteiger partial charge in [0.25, 0.3) is 0 Å². The van der Waals surface area contributed by atoms with E-state index >= 15 is 0 Å². The van der Waals surface area contributed by atoms with Gasteiger partial charge in [-0.15, -0.1) is 0 Å². The number of aromatic nitrogens is 1. The van der Waals surface area contributed by atoms with Gasteiger partial charge in [-0.25, -0.2) is 4.79 Å². The zero-order chi connectivity index (χ0) is 15.4. The molecule has 108 valence electrons. The SMILES string of the molecule is Nc1ccc(CC(=O)Nc2ccc(Cl)cc2C(=O)O)nc1. The number of nitrogens with zero attached hydrogens (tertiary/aromatic N) is 1. The number of anilines is 2. The van der Waals surface area contributed by atoms with E-state index in [4.69, 9.17) is 22.4 Å². The fourth-order valence-electron chi connectivity index (χ4n) is 1.70. The maximum Gasteiger partial charge on any atom is 0.337 e. The average Bonchev–Trinajstić information content (AvgIpc) is 2.43. The summed E-state index contributed by atoms with van der Waals surface area (Å²) < 4.78 is 0. The van der Waals surface area contributed by atoms with E-state index in [9.17, 15) is 9.59 Å². The summed E-state index contributed by atoms with van der Waals surface area (Å²) in [4.78, 5) is 27.0. The molecule has 21 heavy (non-hydrogen) atoms. The van der Waals surface area contributed by atoms with Crippen molar-refractivity contribution in [3.8, 4) is 0 Å². The Bertz CT molecular complexity index is 686. The van der Waals surface area contributed by atoms with Crippen molar-refractivity contribution < 1.29 is 14.7 Å². The van der Waals surface area contributed by atoms with Crippen LogP contribution in [0.1, 0.15) is 16.1 Å². The summed E-state index contributed by atoms with van der Waals surface area (Å²) in [6.45, 7) is 0. The van der Waals surface area contributed by atoms with Crippen molar-refractivity contribution in [3.63, 3.8) is 0 Å². The summed E-state index contributed by atoms with van der Waals surface area (Å²) in [5.41, 5.74) is 6.67. The molecule has 6 nitrogen and oxygen atoms in total. The lowest BCUT2D eigenvalue weighted by atomic mass is 10.1. The molecule has 0 aliphatic heterocycles. The maximum atomic E-state index is 11.9. The lowest BCUT2D eigenvalue weighted by Crippen LogP contribution is -2.17. The number of carboxylic acids is 1. The summed E-state index contributed by atoms with van der Waals surface area (Å²) >= 11 is 5.74. The van der Waals surface area contributed by atoms with Crippen molar-refractivity contribution >= 4 is 34.9 Å². The Labute approximate surface area is 125 Å². The van der Waals surface area contributed by atoms with Crippen LogP contribution in [0.25, 0.3) is 0 Å². The molecule has 2 aromatic rings. The van der Waals surface area contributed by atoms with E-state index < -0.39 is 5.97 Å². The third-order valence-electron chi connectivity index (χ3n) is 2.68. The van der Waals surface area contributed by atoms with Crippen LogP contribution >= 0.6 is 11.6 Å². The van der Waals surface area contributed by atoms with Crippen molar-refractivity contribution in [2.75, 3.05) is 11.1 Å². The molecule has 1 aromatic carbocycles. The monoisotopic (exact) mass is 305 g/mol. The fraction of sp³-hybridized carbons (Fsp3) is 0.0714. The topological polar surface area (TPSA) is 105 Å². The van der Waals surface area contributed by atoms with Gasteiger partial charge in [0.05, 0.1) is 29.6 Å². The first-order valence-electron chi connectivity index (χ1n) is 5.99. The largest absolute Gasteiger partial charge is 0.478 e. The number of nitrogen functional groups attached to an aromatic ring is 1. The highest BCUT2D eigenvalue weighted by molar-refractivity contribution is 6.31. The van der Waals surface area contributed by atoms with Gasteiger partial charge in [0.2, 0.25) is 5.91 Å². The van der Waals surface area contributed by atoms with Crippen LogP contribution < -0.4 is 11.1 Å². The Morgan fingerprint density at radius 3 is 2.67 bits per heavy atom. The minimum Gasteiger partial charge on any atom is -0.478 e. The van der Waals surface area contributed by atoms with Crippen LogP contribution in [0.5, 0.6) is 0 Å². The smallest absolute Gasteiger partial charge is 0.337 e. The predicted octanol–water partition coefficient (Wildman–Crippen LogP) is 2.20. The molecular weight excluding hydrogens is 294 g/mol. The van der Waals surface area contributed by atoms with Gasteiger partial charge in [-0.3, -0.25) is 9.78 Å². The first-order valence-corrected chi connectivity index (χ1v) is 6.36. The minimum atomic E-state index is -1.17. The molecule has 1 aromatic heterocycles. The van der Waals surface area contributed by atoms with Gasteiger partial charge in [-0.05, 0) is 30.3 Å². The molecule has 0 atom stereocenters. The van der Waals surface area contributed by atoms with Crippen molar-refractivity contribution in [2.45, 2.75) is 6.42 Å². The third-order valence-corrected chi connectivity index (χ3v) is 2.91. The number of benzene rings is 1. The van der Waals surface area contributed by atoms with Crippen LogP contribution in [-0.4, -0.2) is 22.0 Å². The number of hydrogen-bond acceptors (Lipinski definition) is 4. The maximum absolute atomic E-state index is 11.9. The Morgan fingerprint density at radius 1 is 1.29 bits per heavy atom. The second-order valence-electron chi connectivity index (χ2n) is 4.30. The van der Waals surface area contributed by atoms with Crippen molar-refractivity contribution in [3.05, 3.63) is 52.8 Å². The molecule has 0 aliphatic carbocycles. The normalized spacial score (nSPS) is 10.1. The summed E-state index contributed by atoms with van der Waals surface area (Å²) in [5, 5.41) is 11.9. The molecule has 1 heterocycles. The number of hydrogen-bond donors (Lipinski definition) is 3. The molecule has 4 N–H and O–H groups in total. The number of carboxylic acid groups (broad SMARTS) is 1. The first kappa shape index (κ1) is 14.8. The third kappa shape index (κ3) is 3.93. The van der Waals surface area contributed by atoms with Crippen LogP contribution in [-0.2, 0) is 11.2 Å². The van der Waals surface area contributed by atoms with Crippen molar-refractivity contribution in [1.29, 1.82) is 0 Å². The molecule has 0 unspecified atom stereocenters. The van der Waals surface area contributed by atoms with E-state index in [-0.39, 0.29) is 28.6 Å². The van der Waals surface area contributed by atoms with Gasteiger partial charge in [0.15, 0.2) is 0 Å². The molecule has 0 fully saturated rings. The standard InChI is InChI=1S/C14H12ClN3O3/c15-8-1-4-12(11(5-8)14(20)21)18-13(19)6-10-3-2-9(16)7-17-10/h1-5,7H,6,16H2,(H,18,19)(H,20,21). The van der Waals surface area contributed by atoms with Gasteiger partial charge in [0.1, 0.15) is 0 Å². The molecule has 0 bridgehead atoms. The number of carbonyl (C=O) groups excluding carboxylic acids is 1. The molecular formula is C14H12ClN3O3. The summed E-state index contributed by atoms with van der Waals surface area (Å²) in [5.74, 6) is -1.55. The minimum absolute atomic E-state index is 0.0158. The van der Waals surface area contributed by atoms with E-state index in [0.717, 1.165) is 0 Å². The number of amides is 1. The number of rotatable bonds is 4. The number of carbonyl (C=O) groups is 2. The molecule has 2 rings (SSSR count). The highest BCUT2D eigenvalue weighted by atomic mass is 35.5. The highest BCUT2D eigenvalue weighted by Gasteiger charge is 2.13. The Kier molecular flexibility index (Phi) is 4.39. The van der Waals surface area contributed by atoms with E-state index in [0.29, 0.717) is 11.4 Å². The second kappa shape index (κ2) is 6.23. The molecule has 0 spiro atoms. The highest BCUT2D eigenvalue weighted by Crippen LogP contribution is 2.21. The first-order chi connectivity index (χ1) is 9.95. The Morgan fingerprint density at radius 2 is 2.05 bits per heavy atom. The summed E-state index contributed by atoms with van der Waals surface area (Å²) in [6.07, 6.45) is 1.47. The quantitative estimate of drug-likeness (QED) is 0.803. The van der Waals surface area contributed by atoms with Gasteiger partial charge in [0, 0.05) is 10.7 Å². The number of nitrogens with one attached hydrogen (secondary N) is 1. The molecule has 7 heteroatoms. The van der Waals surface area contributed by atoms with Crippen LogP contribution in [0.2, 0.25) is 5.02 Å². The fourth-order valence-corrected chi connectivity index (χ4v) is 1.87. The zero-order valence-electron chi connectivity index (χ0n) is 10.8. The van der Waals surface area contributed by atoms with Gasteiger partial charge in [-0.1, -0.05) is 11.6 Å². The Balaban J connectivity index is 2.12. The predicted molar refractivity (Wildman–Crippen MR) is 79.4 cm³/mol. The van der Waals surface area contributed by atoms with Crippen LogP contribution in [0.15, 0.2) is 36.5 Å². The molecule has 0 saturated heterocycles. The van der Waals surface area contributed by atoms with Gasteiger partial charge in [-0.2, -0.15) is 0 Å². The summed E-state index contributed by atoms with van der Waals surface area (Å²) in [6, 6.07) is 7.50. The molecule has 0 radical (unpaired) electrons. The number of pyridine rings is 1. The van der Waals surface area contributed by atoms with Gasteiger partial charge >= 0.3 is 5.97 Å². The number of halogens is 1. The van der Waals surface area contributed by atoms with E-state index in [2.05, 4.69) is 10.3 Å². The molecule has 1 amide bonds. The van der Waals surface area contributed by atoms with Crippen molar-refractivity contribution in [1.82, 2.24) is 4.98 Å². The van der Waals surface area contributed by atoms with Crippen LogP contribution in [0.4, 0.5) is 11.4 Å². The number of aromatic carboxylic acids is 1. The van der Waals surface area contributed by atoms with E-state index in [1.54, 1.807) is 12.1 Å². The van der Waals surface area contributed by atoms with Gasteiger partial charge < -0.3 is 16.2 Å². The van der Waals surface area contributed by atoms with Crippen LogP contribution in [0.3, 0.4) is 0 Å². The Hall–Kier alpha value is -2.60. The zero-order valence-corrected chi connectivity index (χ0v) is 11.6. The second-order valence-corrected chi connectivity index (χ2v) is 4.74. The molecule has 0 saturated carbocycles. The van der Waals surface area contributed by atoms with Crippen molar-refractivity contribution in [2.24, 2.45) is 0 Å². The average molecular weight is 306 g/mol.